The minimum atomic E-state index is -3.10. The lowest BCUT2D eigenvalue weighted by molar-refractivity contribution is 0.0932. The highest BCUT2D eigenvalue weighted by molar-refractivity contribution is 7.92. The summed E-state index contributed by atoms with van der Waals surface area (Å²) in [5.74, 6) is -0.116. The average Bonchev–Trinajstić information content (AvgIpc) is 2.50. The maximum absolute atomic E-state index is 12.6. The summed E-state index contributed by atoms with van der Waals surface area (Å²) in [5.41, 5.74) is 1.22. The third-order valence-electron chi connectivity index (χ3n) is 4.44. The molecule has 0 unspecified atom stereocenters. The monoisotopic (exact) mass is 333 g/mol. The molecule has 2 aromatic heterocycles. The third kappa shape index (κ3) is 2.93. The van der Waals surface area contributed by atoms with Gasteiger partial charge in [0.2, 0.25) is 0 Å². The number of carbonyl (C=O) groups excluding carboxylic acids is 1. The second-order valence-electron chi connectivity index (χ2n) is 6.49. The molecule has 1 amide bonds. The molecular weight excluding hydrogens is 314 g/mol. The Morgan fingerprint density at radius 1 is 1.30 bits per heavy atom. The summed E-state index contributed by atoms with van der Waals surface area (Å²) in [6, 6.07) is 3.26. The van der Waals surface area contributed by atoms with Crippen molar-refractivity contribution in [3.05, 3.63) is 36.3 Å². The van der Waals surface area contributed by atoms with Crippen molar-refractivity contribution in [3.8, 4) is 0 Å². The normalized spacial score (nSPS) is 22.6. The fraction of sp³-hybridized carbons (Fsp3) is 0.438. The van der Waals surface area contributed by atoms with Crippen LogP contribution in [0.25, 0.3) is 10.9 Å². The van der Waals surface area contributed by atoms with Crippen LogP contribution >= 0.6 is 0 Å². The maximum Gasteiger partial charge on any atom is 0.252 e. The molecule has 0 radical (unpaired) electrons. The number of amides is 1. The summed E-state index contributed by atoms with van der Waals surface area (Å²) in [7, 11) is -3.10. The zero-order valence-corrected chi connectivity index (χ0v) is 13.9. The van der Waals surface area contributed by atoms with E-state index in [4.69, 9.17) is 0 Å². The molecule has 6 nitrogen and oxygen atoms in total. The molecule has 1 atom stereocenters. The number of hydrogen-bond donors (Lipinski definition) is 1. The summed E-state index contributed by atoms with van der Waals surface area (Å²) < 4.78 is 23.3. The van der Waals surface area contributed by atoms with Gasteiger partial charge < -0.3 is 5.32 Å². The highest BCUT2D eigenvalue weighted by atomic mass is 32.2. The molecule has 0 bridgehead atoms. The average molecular weight is 333 g/mol. The van der Waals surface area contributed by atoms with Gasteiger partial charge in [-0.05, 0) is 38.8 Å². The van der Waals surface area contributed by atoms with E-state index in [1.165, 1.54) is 0 Å². The smallest absolute Gasteiger partial charge is 0.252 e. The Morgan fingerprint density at radius 2 is 2.09 bits per heavy atom. The number of aromatic nitrogens is 2. The zero-order valence-electron chi connectivity index (χ0n) is 13.1. The van der Waals surface area contributed by atoms with Crippen LogP contribution in [-0.2, 0) is 9.84 Å². The minimum absolute atomic E-state index is 0.101. The molecule has 122 valence electrons. The van der Waals surface area contributed by atoms with Gasteiger partial charge in [-0.2, -0.15) is 0 Å². The van der Waals surface area contributed by atoms with Crippen molar-refractivity contribution in [2.75, 3.05) is 5.75 Å². The van der Waals surface area contributed by atoms with Crippen molar-refractivity contribution in [2.24, 2.45) is 0 Å². The van der Waals surface area contributed by atoms with Crippen LogP contribution in [0.3, 0.4) is 0 Å². The van der Waals surface area contributed by atoms with Gasteiger partial charge in [0, 0.05) is 30.0 Å². The Bertz CT molecular complexity index is 857. The maximum atomic E-state index is 12.6. The number of fused-ring (bicyclic) bond motifs is 1. The van der Waals surface area contributed by atoms with Crippen LogP contribution in [0.5, 0.6) is 0 Å². The van der Waals surface area contributed by atoms with Crippen molar-refractivity contribution in [2.45, 2.75) is 37.5 Å². The molecule has 1 aliphatic heterocycles. The molecule has 1 aliphatic rings. The number of pyridine rings is 2. The first-order valence-electron chi connectivity index (χ1n) is 7.52. The van der Waals surface area contributed by atoms with Crippen molar-refractivity contribution in [1.82, 2.24) is 15.3 Å². The second-order valence-corrected chi connectivity index (χ2v) is 9.24. The van der Waals surface area contributed by atoms with Gasteiger partial charge >= 0.3 is 0 Å². The van der Waals surface area contributed by atoms with E-state index in [9.17, 15) is 13.2 Å². The van der Waals surface area contributed by atoms with Crippen LogP contribution < -0.4 is 5.32 Å². The minimum Gasteiger partial charge on any atom is -0.349 e. The van der Waals surface area contributed by atoms with Crippen LogP contribution in [-0.4, -0.2) is 40.8 Å². The Hall–Kier alpha value is -2.02. The SMILES string of the molecule is CC1(C)C[C@@H](NC(=O)c2ccnc3ccncc23)CCS1(=O)=O. The molecule has 0 aromatic carbocycles. The van der Waals surface area contributed by atoms with E-state index in [2.05, 4.69) is 15.3 Å². The number of nitrogens with zero attached hydrogens (tertiary/aromatic N) is 2. The van der Waals surface area contributed by atoms with Crippen molar-refractivity contribution < 1.29 is 13.2 Å². The summed E-state index contributed by atoms with van der Waals surface area (Å²) in [4.78, 5) is 20.8. The van der Waals surface area contributed by atoms with E-state index in [0.717, 1.165) is 0 Å². The Labute approximate surface area is 135 Å². The fourth-order valence-electron chi connectivity index (χ4n) is 2.97. The lowest BCUT2D eigenvalue weighted by atomic mass is 9.99. The standard InChI is InChI=1S/C16H19N3O3S/c1-16(2)9-11(5-8-23(16,21)22)19-15(20)12-3-7-18-14-4-6-17-10-13(12)14/h3-4,6-7,10-11H,5,8-9H2,1-2H3,(H,19,20)/t11-/m0/s1. The lowest BCUT2D eigenvalue weighted by Crippen LogP contribution is -2.49. The molecule has 1 N–H and O–H groups in total. The molecule has 23 heavy (non-hydrogen) atoms. The third-order valence-corrected chi connectivity index (χ3v) is 7.06. The molecule has 7 heteroatoms. The number of hydrogen-bond acceptors (Lipinski definition) is 5. The van der Waals surface area contributed by atoms with Crippen LogP contribution in [0.4, 0.5) is 0 Å². The quantitative estimate of drug-likeness (QED) is 0.904. The molecule has 0 aliphatic carbocycles. The molecule has 2 aromatic rings. The molecule has 0 saturated carbocycles. The van der Waals surface area contributed by atoms with E-state index < -0.39 is 14.6 Å². The molecule has 3 rings (SSSR count). The summed E-state index contributed by atoms with van der Waals surface area (Å²) >= 11 is 0. The van der Waals surface area contributed by atoms with Gasteiger partial charge in [-0.1, -0.05) is 0 Å². The van der Waals surface area contributed by atoms with Crippen LogP contribution in [0, 0.1) is 0 Å². The number of nitrogens with one attached hydrogen (secondary N) is 1. The lowest BCUT2D eigenvalue weighted by Gasteiger charge is -2.35. The first kappa shape index (κ1) is 15.9. The van der Waals surface area contributed by atoms with Gasteiger partial charge in [-0.25, -0.2) is 8.42 Å². The van der Waals surface area contributed by atoms with Crippen LogP contribution in [0.1, 0.15) is 37.0 Å². The van der Waals surface area contributed by atoms with Gasteiger partial charge in [-0.3, -0.25) is 14.8 Å². The van der Waals surface area contributed by atoms with Crippen LogP contribution in [0.15, 0.2) is 30.7 Å². The van der Waals surface area contributed by atoms with Gasteiger partial charge in [0.15, 0.2) is 9.84 Å². The zero-order chi connectivity index (χ0) is 16.7. The van der Waals surface area contributed by atoms with Crippen LogP contribution in [0.2, 0.25) is 0 Å². The molecule has 3 heterocycles. The Kier molecular flexibility index (Phi) is 3.83. The van der Waals surface area contributed by atoms with Gasteiger partial charge in [0.25, 0.3) is 5.91 Å². The topological polar surface area (TPSA) is 89.0 Å². The molecule has 1 saturated heterocycles. The number of rotatable bonds is 2. The number of sulfone groups is 1. The summed E-state index contributed by atoms with van der Waals surface area (Å²) in [6.45, 7) is 3.43. The van der Waals surface area contributed by atoms with E-state index >= 15 is 0 Å². The molecule has 0 spiro atoms. The highest BCUT2D eigenvalue weighted by Crippen LogP contribution is 2.30. The predicted molar refractivity (Wildman–Crippen MR) is 87.9 cm³/mol. The first-order chi connectivity index (χ1) is 10.8. The summed E-state index contributed by atoms with van der Waals surface area (Å²) in [5, 5.41) is 3.65. The molecule has 1 fully saturated rings. The van der Waals surface area contributed by atoms with Crippen molar-refractivity contribution >= 4 is 26.6 Å². The number of carbonyl (C=O) groups is 1. The second kappa shape index (κ2) is 5.56. The highest BCUT2D eigenvalue weighted by Gasteiger charge is 2.41. The Morgan fingerprint density at radius 3 is 2.83 bits per heavy atom. The van der Waals surface area contributed by atoms with E-state index in [-0.39, 0.29) is 17.7 Å². The fourth-order valence-corrected chi connectivity index (χ4v) is 4.57. The van der Waals surface area contributed by atoms with Gasteiger partial charge in [-0.15, -0.1) is 0 Å². The molecular formula is C16H19N3O3S. The van der Waals surface area contributed by atoms with Gasteiger partial charge in [0.05, 0.1) is 21.6 Å². The van der Waals surface area contributed by atoms with E-state index in [1.807, 2.05) is 0 Å². The van der Waals surface area contributed by atoms with E-state index in [0.29, 0.717) is 29.3 Å². The summed E-state index contributed by atoms with van der Waals surface area (Å²) in [6.07, 6.45) is 5.70. The van der Waals surface area contributed by atoms with Gasteiger partial charge in [0.1, 0.15) is 0 Å². The predicted octanol–water partition coefficient (Wildman–Crippen LogP) is 1.72. The van der Waals surface area contributed by atoms with Crippen molar-refractivity contribution in [3.63, 3.8) is 0 Å². The first-order valence-corrected chi connectivity index (χ1v) is 9.17. The van der Waals surface area contributed by atoms with Crippen molar-refractivity contribution in [1.29, 1.82) is 0 Å². The largest absolute Gasteiger partial charge is 0.349 e. The van der Waals surface area contributed by atoms with E-state index in [1.54, 1.807) is 44.6 Å². The Balaban J connectivity index is 1.82.